The van der Waals surface area contributed by atoms with Crippen molar-refractivity contribution in [2.45, 2.75) is 50.9 Å². The lowest BCUT2D eigenvalue weighted by Crippen LogP contribution is -2.37. The van der Waals surface area contributed by atoms with Crippen LogP contribution in [0, 0.1) is 6.92 Å². The Balaban J connectivity index is 1.68. The van der Waals surface area contributed by atoms with Crippen LogP contribution in [0.4, 0.5) is 0 Å². The maximum absolute atomic E-state index is 4.69. The van der Waals surface area contributed by atoms with Gasteiger partial charge < -0.3 is 0 Å². The fraction of sp³-hybridized carbons (Fsp3) is 0.381. The number of nitrogens with zero attached hydrogens (tertiary/aromatic N) is 6. The van der Waals surface area contributed by atoms with E-state index in [0.717, 1.165) is 29.9 Å². The summed E-state index contributed by atoms with van der Waals surface area (Å²) in [6.45, 7) is 6.29. The lowest BCUT2D eigenvalue weighted by Gasteiger charge is -2.41. The maximum Gasteiger partial charge on any atom is 0.184 e. The van der Waals surface area contributed by atoms with Crippen molar-refractivity contribution in [2.24, 2.45) is 0 Å². The number of aryl methyl sites for hydroxylation is 1. The number of pyridine rings is 1. The highest BCUT2D eigenvalue weighted by atomic mass is 15.5. The van der Waals surface area contributed by atoms with Crippen LogP contribution in [0.5, 0.6) is 0 Å². The average Bonchev–Trinajstić information content (AvgIpc) is 3.33. The molecule has 0 saturated heterocycles. The summed E-state index contributed by atoms with van der Waals surface area (Å²) < 4.78 is 2.15. The highest BCUT2D eigenvalue weighted by Crippen LogP contribution is 2.48. The van der Waals surface area contributed by atoms with Gasteiger partial charge in [0, 0.05) is 11.8 Å². The zero-order valence-corrected chi connectivity index (χ0v) is 16.3. The molecule has 3 heterocycles. The number of nitrogens with one attached hydrogen (secondary N) is 1. The molecule has 28 heavy (non-hydrogen) atoms. The fourth-order valence-electron chi connectivity index (χ4n) is 4.32. The second-order valence-electron chi connectivity index (χ2n) is 8.30. The molecule has 0 aliphatic heterocycles. The first-order valence-corrected chi connectivity index (χ1v) is 9.68. The normalized spacial score (nSPS) is 16.2. The van der Waals surface area contributed by atoms with E-state index in [-0.39, 0.29) is 5.41 Å². The zero-order valence-electron chi connectivity index (χ0n) is 16.3. The van der Waals surface area contributed by atoms with Gasteiger partial charge in [0.1, 0.15) is 5.82 Å². The Labute approximate surface area is 163 Å². The number of aromatic nitrogens is 7. The predicted octanol–water partition coefficient (Wildman–Crippen LogP) is 3.35. The molecule has 1 saturated carbocycles. The molecule has 3 aromatic heterocycles. The number of aromatic amines is 1. The van der Waals surface area contributed by atoms with E-state index in [1.54, 1.807) is 0 Å². The summed E-state index contributed by atoms with van der Waals surface area (Å²) in [6.07, 6.45) is 5.45. The molecule has 1 aliphatic rings. The van der Waals surface area contributed by atoms with E-state index in [1.807, 2.05) is 0 Å². The Hall–Kier alpha value is -3.09. The lowest BCUT2D eigenvalue weighted by molar-refractivity contribution is 0.283. The number of benzene rings is 1. The van der Waals surface area contributed by atoms with Gasteiger partial charge in [-0.1, -0.05) is 47.5 Å². The van der Waals surface area contributed by atoms with Crippen LogP contribution in [0.25, 0.3) is 5.65 Å². The van der Waals surface area contributed by atoms with Crippen molar-refractivity contribution in [3.05, 3.63) is 70.9 Å². The molecule has 4 aromatic rings. The van der Waals surface area contributed by atoms with E-state index in [2.05, 4.69) is 93.5 Å². The van der Waals surface area contributed by atoms with Crippen molar-refractivity contribution < 1.29 is 0 Å². The van der Waals surface area contributed by atoms with Crippen LogP contribution in [-0.4, -0.2) is 35.2 Å². The van der Waals surface area contributed by atoms with Crippen LogP contribution in [-0.2, 0) is 10.8 Å². The molecule has 0 radical (unpaired) electrons. The van der Waals surface area contributed by atoms with Crippen molar-refractivity contribution in [2.75, 3.05) is 0 Å². The van der Waals surface area contributed by atoms with Gasteiger partial charge in [-0.25, -0.2) is 0 Å². The molecule has 0 amide bonds. The van der Waals surface area contributed by atoms with Gasteiger partial charge >= 0.3 is 0 Å². The van der Waals surface area contributed by atoms with Gasteiger partial charge in [0.05, 0.1) is 10.8 Å². The minimum absolute atomic E-state index is 0.0674. The van der Waals surface area contributed by atoms with Crippen LogP contribution in [0.2, 0.25) is 0 Å². The molecule has 1 aliphatic carbocycles. The Morgan fingerprint density at radius 3 is 2.46 bits per heavy atom. The second kappa shape index (κ2) is 5.95. The minimum Gasteiger partial charge on any atom is -0.285 e. The maximum atomic E-state index is 4.69. The Morgan fingerprint density at radius 1 is 1.04 bits per heavy atom. The number of hydrogen-bond donors (Lipinski definition) is 1. The first kappa shape index (κ1) is 17.0. The van der Waals surface area contributed by atoms with Gasteiger partial charge in [-0.3, -0.25) is 4.40 Å². The molecule has 142 valence electrons. The topological polar surface area (TPSA) is 84.6 Å². The van der Waals surface area contributed by atoms with Crippen molar-refractivity contribution in [3.8, 4) is 0 Å². The highest BCUT2D eigenvalue weighted by Gasteiger charge is 2.44. The quantitative estimate of drug-likeness (QED) is 0.593. The van der Waals surface area contributed by atoms with Crippen LogP contribution in [0.3, 0.4) is 0 Å². The third kappa shape index (κ3) is 2.32. The van der Waals surface area contributed by atoms with Gasteiger partial charge in [-0.15, -0.1) is 20.4 Å². The molecule has 1 fully saturated rings. The summed E-state index contributed by atoms with van der Waals surface area (Å²) in [5, 5.41) is 24.0. The van der Waals surface area contributed by atoms with Crippen molar-refractivity contribution in [1.29, 1.82) is 0 Å². The molecule has 0 atom stereocenters. The Bertz CT molecular complexity index is 1120. The summed E-state index contributed by atoms with van der Waals surface area (Å²) in [7, 11) is 0. The largest absolute Gasteiger partial charge is 0.285 e. The number of hydrogen-bond acceptors (Lipinski definition) is 5. The van der Waals surface area contributed by atoms with Crippen LogP contribution >= 0.6 is 0 Å². The zero-order chi connectivity index (χ0) is 19.4. The summed E-state index contributed by atoms with van der Waals surface area (Å²) in [5.41, 5.74) is 3.98. The van der Waals surface area contributed by atoms with E-state index in [0.29, 0.717) is 5.82 Å². The van der Waals surface area contributed by atoms with Crippen LogP contribution in [0.15, 0.2) is 42.6 Å². The predicted molar refractivity (Wildman–Crippen MR) is 105 cm³/mol. The third-order valence-electron chi connectivity index (χ3n) is 6.25. The third-order valence-corrected chi connectivity index (χ3v) is 6.25. The van der Waals surface area contributed by atoms with Gasteiger partial charge in [-0.2, -0.15) is 5.21 Å². The SMILES string of the molecule is Cc1ccc(C2(c3nnc4c(C(C)(C)c5nn[nH]n5)cccn34)CCC2)cc1. The molecule has 1 N–H and O–H groups in total. The van der Waals surface area contributed by atoms with Crippen LogP contribution in [0.1, 0.15) is 61.4 Å². The van der Waals surface area contributed by atoms with Gasteiger partial charge in [-0.05, 0) is 45.2 Å². The molecule has 7 heteroatoms. The lowest BCUT2D eigenvalue weighted by atomic mass is 9.63. The first-order valence-electron chi connectivity index (χ1n) is 9.68. The minimum atomic E-state index is -0.434. The summed E-state index contributed by atoms with van der Waals surface area (Å²) >= 11 is 0. The fourth-order valence-corrected chi connectivity index (χ4v) is 4.32. The number of rotatable bonds is 4. The summed E-state index contributed by atoms with van der Waals surface area (Å²) in [6, 6.07) is 13.0. The standard InChI is InChI=1S/C21H23N7/c1-14-7-9-15(10-8-14)21(11-5-12-21)19-25-22-17-16(6-4-13-28(17)19)20(2,3)18-23-26-27-24-18/h4,6-10,13H,5,11-12H2,1-3H3,(H,23,24,26,27). The Kier molecular flexibility index (Phi) is 3.62. The molecule has 0 spiro atoms. The molecule has 0 unspecified atom stereocenters. The molecule has 1 aromatic carbocycles. The van der Waals surface area contributed by atoms with E-state index in [4.69, 9.17) is 5.10 Å². The molecule has 5 rings (SSSR count). The number of H-pyrrole nitrogens is 1. The van der Waals surface area contributed by atoms with E-state index >= 15 is 0 Å². The summed E-state index contributed by atoms with van der Waals surface area (Å²) in [5.74, 6) is 1.66. The Morgan fingerprint density at radius 2 is 1.82 bits per heavy atom. The monoisotopic (exact) mass is 373 g/mol. The van der Waals surface area contributed by atoms with Crippen molar-refractivity contribution in [3.63, 3.8) is 0 Å². The van der Waals surface area contributed by atoms with Crippen LogP contribution < -0.4 is 0 Å². The van der Waals surface area contributed by atoms with Gasteiger partial charge in [0.15, 0.2) is 11.5 Å². The second-order valence-corrected chi connectivity index (χ2v) is 8.30. The van der Waals surface area contributed by atoms with E-state index in [1.165, 1.54) is 17.5 Å². The van der Waals surface area contributed by atoms with Crippen molar-refractivity contribution >= 4 is 5.65 Å². The first-order chi connectivity index (χ1) is 13.5. The van der Waals surface area contributed by atoms with E-state index in [9.17, 15) is 0 Å². The molecule has 7 nitrogen and oxygen atoms in total. The van der Waals surface area contributed by atoms with E-state index < -0.39 is 5.41 Å². The molecular weight excluding hydrogens is 350 g/mol. The summed E-state index contributed by atoms with van der Waals surface area (Å²) in [4.78, 5) is 0. The smallest absolute Gasteiger partial charge is 0.184 e. The molecular formula is C21H23N7. The number of tetrazole rings is 1. The number of fused-ring (bicyclic) bond motifs is 1. The van der Waals surface area contributed by atoms with Gasteiger partial charge in [0.25, 0.3) is 0 Å². The average molecular weight is 373 g/mol. The molecule has 0 bridgehead atoms. The highest BCUT2D eigenvalue weighted by molar-refractivity contribution is 5.55. The van der Waals surface area contributed by atoms with Gasteiger partial charge in [0.2, 0.25) is 0 Å². The van der Waals surface area contributed by atoms with Crippen molar-refractivity contribution in [1.82, 2.24) is 35.2 Å².